The average molecular weight is 252 g/mol. The molecule has 17 heavy (non-hydrogen) atoms. The first-order valence-electron chi connectivity index (χ1n) is 5.61. The SMILES string of the molecule is CC1CC(=O)N(C(=O)c2cccc(CCl)c2)C1. The molecule has 1 unspecified atom stereocenters. The number of likely N-dealkylation sites (tertiary alicyclic amines) is 1. The smallest absolute Gasteiger partial charge is 0.260 e. The van der Waals surface area contributed by atoms with Gasteiger partial charge in [-0.1, -0.05) is 19.1 Å². The van der Waals surface area contributed by atoms with Gasteiger partial charge in [-0.15, -0.1) is 11.6 Å². The molecule has 1 heterocycles. The van der Waals surface area contributed by atoms with Crippen molar-refractivity contribution >= 4 is 23.4 Å². The summed E-state index contributed by atoms with van der Waals surface area (Å²) in [6.07, 6.45) is 0.459. The third-order valence-corrected chi connectivity index (χ3v) is 3.20. The molecule has 0 radical (unpaired) electrons. The molecule has 2 rings (SSSR count). The van der Waals surface area contributed by atoms with Gasteiger partial charge in [-0.3, -0.25) is 14.5 Å². The molecule has 1 atom stereocenters. The first-order chi connectivity index (χ1) is 8.11. The molecule has 1 aliphatic rings. The molecule has 1 fully saturated rings. The molecule has 0 saturated carbocycles. The van der Waals surface area contributed by atoms with E-state index in [1.165, 1.54) is 4.90 Å². The maximum Gasteiger partial charge on any atom is 0.260 e. The fourth-order valence-corrected chi connectivity index (χ4v) is 2.19. The Bertz CT molecular complexity index is 458. The summed E-state index contributed by atoms with van der Waals surface area (Å²) in [6.45, 7) is 2.49. The lowest BCUT2D eigenvalue weighted by molar-refractivity contribution is -0.125. The second-order valence-electron chi connectivity index (χ2n) is 4.45. The molecule has 90 valence electrons. The van der Waals surface area contributed by atoms with Gasteiger partial charge in [0.05, 0.1) is 0 Å². The number of rotatable bonds is 2. The fourth-order valence-electron chi connectivity index (χ4n) is 2.03. The number of nitrogens with zero attached hydrogens (tertiary/aromatic N) is 1. The Morgan fingerprint density at radius 1 is 1.53 bits per heavy atom. The zero-order chi connectivity index (χ0) is 12.4. The molecule has 1 aromatic carbocycles. The average Bonchev–Trinajstić information content (AvgIpc) is 2.67. The highest BCUT2D eigenvalue weighted by Crippen LogP contribution is 2.20. The van der Waals surface area contributed by atoms with Crippen LogP contribution < -0.4 is 0 Å². The topological polar surface area (TPSA) is 37.4 Å². The van der Waals surface area contributed by atoms with E-state index in [0.29, 0.717) is 24.4 Å². The van der Waals surface area contributed by atoms with Crippen LogP contribution in [0.1, 0.15) is 29.3 Å². The monoisotopic (exact) mass is 251 g/mol. The van der Waals surface area contributed by atoms with Crippen molar-refractivity contribution in [3.05, 3.63) is 35.4 Å². The van der Waals surface area contributed by atoms with Gasteiger partial charge in [0.15, 0.2) is 0 Å². The summed E-state index contributed by atoms with van der Waals surface area (Å²) in [4.78, 5) is 25.1. The zero-order valence-electron chi connectivity index (χ0n) is 9.65. The minimum Gasteiger partial charge on any atom is -0.278 e. The van der Waals surface area contributed by atoms with Crippen LogP contribution in [0, 0.1) is 5.92 Å². The number of alkyl halides is 1. The summed E-state index contributed by atoms with van der Waals surface area (Å²) < 4.78 is 0. The first kappa shape index (κ1) is 12.1. The van der Waals surface area contributed by atoms with E-state index in [1.807, 2.05) is 13.0 Å². The van der Waals surface area contributed by atoms with Crippen LogP contribution in [0.5, 0.6) is 0 Å². The van der Waals surface area contributed by atoms with Crippen molar-refractivity contribution < 1.29 is 9.59 Å². The Balaban J connectivity index is 2.22. The Morgan fingerprint density at radius 2 is 2.29 bits per heavy atom. The summed E-state index contributed by atoms with van der Waals surface area (Å²) in [5, 5.41) is 0. The van der Waals surface area contributed by atoms with E-state index in [-0.39, 0.29) is 17.7 Å². The summed E-state index contributed by atoms with van der Waals surface area (Å²) in [6, 6.07) is 7.10. The van der Waals surface area contributed by atoms with Crippen LogP contribution in [0.2, 0.25) is 0 Å². The summed E-state index contributed by atoms with van der Waals surface area (Å²) in [5.41, 5.74) is 1.42. The van der Waals surface area contributed by atoms with Crippen LogP contribution in [0.3, 0.4) is 0 Å². The first-order valence-corrected chi connectivity index (χ1v) is 6.15. The molecule has 1 saturated heterocycles. The highest BCUT2D eigenvalue weighted by Gasteiger charge is 2.31. The van der Waals surface area contributed by atoms with Crippen LogP contribution >= 0.6 is 11.6 Å². The number of hydrogen-bond acceptors (Lipinski definition) is 2. The molecule has 0 spiro atoms. The van der Waals surface area contributed by atoms with Crippen molar-refractivity contribution in [1.82, 2.24) is 4.90 Å². The number of carbonyl (C=O) groups is 2. The Hall–Kier alpha value is -1.35. The Kier molecular flexibility index (Phi) is 3.48. The van der Waals surface area contributed by atoms with Gasteiger partial charge in [-0.2, -0.15) is 0 Å². The maximum absolute atomic E-state index is 12.1. The number of benzene rings is 1. The predicted octanol–water partition coefficient (Wildman–Crippen LogP) is 2.43. The normalized spacial score (nSPS) is 19.8. The molecule has 0 N–H and O–H groups in total. The number of hydrogen-bond donors (Lipinski definition) is 0. The third-order valence-electron chi connectivity index (χ3n) is 2.89. The van der Waals surface area contributed by atoms with Crippen molar-refractivity contribution in [2.45, 2.75) is 19.2 Å². The van der Waals surface area contributed by atoms with Crippen LogP contribution in [-0.2, 0) is 10.7 Å². The highest BCUT2D eigenvalue weighted by atomic mass is 35.5. The molecular formula is C13H14ClNO2. The zero-order valence-corrected chi connectivity index (χ0v) is 10.4. The number of carbonyl (C=O) groups excluding carboxylic acids is 2. The lowest BCUT2D eigenvalue weighted by Gasteiger charge is -2.14. The van der Waals surface area contributed by atoms with Crippen molar-refractivity contribution in [2.24, 2.45) is 5.92 Å². The van der Waals surface area contributed by atoms with E-state index in [1.54, 1.807) is 18.2 Å². The Morgan fingerprint density at radius 3 is 2.88 bits per heavy atom. The summed E-state index contributed by atoms with van der Waals surface area (Å²) in [7, 11) is 0. The van der Waals surface area contributed by atoms with E-state index >= 15 is 0 Å². The van der Waals surface area contributed by atoms with Gasteiger partial charge >= 0.3 is 0 Å². The van der Waals surface area contributed by atoms with Gasteiger partial charge < -0.3 is 0 Å². The van der Waals surface area contributed by atoms with Crippen molar-refractivity contribution in [1.29, 1.82) is 0 Å². The van der Waals surface area contributed by atoms with Crippen LogP contribution in [0.25, 0.3) is 0 Å². The fraction of sp³-hybridized carbons (Fsp3) is 0.385. The van der Waals surface area contributed by atoms with E-state index in [0.717, 1.165) is 5.56 Å². The maximum atomic E-state index is 12.1. The van der Waals surface area contributed by atoms with Crippen LogP contribution in [0.4, 0.5) is 0 Å². The molecule has 4 heteroatoms. The van der Waals surface area contributed by atoms with E-state index in [4.69, 9.17) is 11.6 Å². The van der Waals surface area contributed by atoms with Gasteiger partial charge in [0.2, 0.25) is 5.91 Å². The van der Waals surface area contributed by atoms with Crippen LogP contribution in [0.15, 0.2) is 24.3 Å². The standard InChI is InChI=1S/C13H14ClNO2/c1-9-5-12(16)15(8-9)13(17)11-4-2-3-10(6-11)7-14/h2-4,6,9H,5,7-8H2,1H3. The number of halogens is 1. The minimum absolute atomic E-state index is 0.0845. The van der Waals surface area contributed by atoms with E-state index in [2.05, 4.69) is 0 Å². The second kappa shape index (κ2) is 4.88. The summed E-state index contributed by atoms with van der Waals surface area (Å²) >= 11 is 5.72. The van der Waals surface area contributed by atoms with Crippen molar-refractivity contribution in [3.8, 4) is 0 Å². The summed E-state index contributed by atoms with van der Waals surface area (Å²) in [5.74, 6) is 0.318. The van der Waals surface area contributed by atoms with Crippen LogP contribution in [-0.4, -0.2) is 23.3 Å². The molecular weight excluding hydrogens is 238 g/mol. The lowest BCUT2D eigenvalue weighted by Crippen LogP contribution is -2.32. The van der Waals surface area contributed by atoms with Gasteiger partial charge in [0.25, 0.3) is 5.91 Å². The van der Waals surface area contributed by atoms with Gasteiger partial charge in [0.1, 0.15) is 0 Å². The van der Waals surface area contributed by atoms with Gasteiger partial charge in [-0.25, -0.2) is 0 Å². The number of amides is 2. The lowest BCUT2D eigenvalue weighted by atomic mass is 10.1. The molecule has 0 bridgehead atoms. The molecule has 3 nitrogen and oxygen atoms in total. The largest absolute Gasteiger partial charge is 0.278 e. The van der Waals surface area contributed by atoms with Gasteiger partial charge in [0, 0.05) is 24.4 Å². The predicted molar refractivity (Wildman–Crippen MR) is 65.8 cm³/mol. The Labute approximate surface area is 105 Å². The second-order valence-corrected chi connectivity index (χ2v) is 4.72. The highest BCUT2D eigenvalue weighted by molar-refractivity contribution is 6.17. The van der Waals surface area contributed by atoms with Crippen molar-refractivity contribution in [3.63, 3.8) is 0 Å². The number of imide groups is 1. The molecule has 2 amide bonds. The van der Waals surface area contributed by atoms with E-state index in [9.17, 15) is 9.59 Å². The van der Waals surface area contributed by atoms with Crippen molar-refractivity contribution in [2.75, 3.05) is 6.54 Å². The molecule has 0 aliphatic carbocycles. The molecule has 1 aliphatic heterocycles. The minimum atomic E-state index is -0.216. The molecule has 0 aromatic heterocycles. The van der Waals surface area contributed by atoms with Gasteiger partial charge in [-0.05, 0) is 23.6 Å². The molecule has 1 aromatic rings. The third kappa shape index (κ3) is 2.50. The quantitative estimate of drug-likeness (QED) is 0.598. The van der Waals surface area contributed by atoms with E-state index < -0.39 is 0 Å².